The second-order valence-corrected chi connectivity index (χ2v) is 6.30. The highest BCUT2D eigenvalue weighted by Crippen LogP contribution is 2.25. The number of imide groups is 1. The summed E-state index contributed by atoms with van der Waals surface area (Å²) in [4.78, 5) is 37.1. The number of anilines is 2. The number of nitrogens with one attached hydrogen (secondary N) is 3. The van der Waals surface area contributed by atoms with Crippen LogP contribution in [0.2, 0.25) is 0 Å². The van der Waals surface area contributed by atoms with Gasteiger partial charge in [-0.05, 0) is 24.3 Å². The van der Waals surface area contributed by atoms with Gasteiger partial charge in [-0.2, -0.15) is 0 Å². The van der Waals surface area contributed by atoms with Crippen LogP contribution in [0.1, 0.15) is 22.0 Å². The zero-order valence-corrected chi connectivity index (χ0v) is 16.3. The van der Waals surface area contributed by atoms with Crippen molar-refractivity contribution in [2.24, 2.45) is 0 Å². The number of hydrogen-bond donors (Lipinski definition) is 3. The minimum atomic E-state index is -1.29. The quantitative estimate of drug-likeness (QED) is 0.544. The van der Waals surface area contributed by atoms with Gasteiger partial charge in [-0.1, -0.05) is 60.7 Å². The lowest BCUT2D eigenvalue weighted by atomic mass is 10.1. The molecule has 0 bridgehead atoms. The fourth-order valence-corrected chi connectivity index (χ4v) is 2.76. The number of rotatable bonds is 6. The van der Waals surface area contributed by atoms with E-state index in [2.05, 4.69) is 16.0 Å². The SMILES string of the molecule is CNC(=O)NC(=O)[C@H](OC(=O)c1ccccc1Nc1ccccc1)c1ccccc1. The molecule has 0 spiro atoms. The first kappa shape index (κ1) is 20.6. The van der Waals surface area contributed by atoms with E-state index in [0.29, 0.717) is 11.3 Å². The van der Waals surface area contributed by atoms with E-state index in [0.717, 1.165) is 5.69 Å². The van der Waals surface area contributed by atoms with E-state index in [1.807, 2.05) is 30.3 Å². The molecule has 30 heavy (non-hydrogen) atoms. The van der Waals surface area contributed by atoms with Crippen molar-refractivity contribution in [1.82, 2.24) is 10.6 Å². The molecular formula is C23H21N3O4. The van der Waals surface area contributed by atoms with Crippen LogP contribution in [0.25, 0.3) is 0 Å². The predicted octanol–water partition coefficient (Wildman–Crippen LogP) is 3.78. The largest absolute Gasteiger partial charge is 0.444 e. The predicted molar refractivity (Wildman–Crippen MR) is 113 cm³/mol. The summed E-state index contributed by atoms with van der Waals surface area (Å²) in [6, 6.07) is 24.0. The van der Waals surface area contributed by atoms with Crippen molar-refractivity contribution in [3.8, 4) is 0 Å². The van der Waals surface area contributed by atoms with E-state index in [1.165, 1.54) is 7.05 Å². The molecule has 0 aliphatic carbocycles. The second-order valence-electron chi connectivity index (χ2n) is 6.30. The Morgan fingerprint density at radius 1 is 0.800 bits per heavy atom. The van der Waals surface area contributed by atoms with Crippen LogP contribution >= 0.6 is 0 Å². The summed E-state index contributed by atoms with van der Waals surface area (Å²) < 4.78 is 5.54. The molecule has 3 aromatic rings. The van der Waals surface area contributed by atoms with Gasteiger partial charge < -0.3 is 15.4 Å². The van der Waals surface area contributed by atoms with Gasteiger partial charge in [-0.15, -0.1) is 0 Å². The zero-order chi connectivity index (χ0) is 21.3. The lowest BCUT2D eigenvalue weighted by Crippen LogP contribution is -2.41. The third-order valence-electron chi connectivity index (χ3n) is 4.23. The van der Waals surface area contributed by atoms with Crippen LogP contribution in [-0.2, 0) is 9.53 Å². The standard InChI is InChI=1S/C23H21N3O4/c1-24-23(29)26-21(27)20(16-10-4-2-5-11-16)30-22(28)18-14-8-9-15-19(18)25-17-12-6-3-7-13-17/h2-15,20,25H,1H3,(H2,24,26,27,29)/t20-/m1/s1. The van der Waals surface area contributed by atoms with Gasteiger partial charge in [-0.3, -0.25) is 10.1 Å². The molecule has 0 heterocycles. The van der Waals surface area contributed by atoms with Crippen molar-refractivity contribution in [3.05, 3.63) is 96.1 Å². The number of urea groups is 1. The molecule has 3 aromatic carbocycles. The van der Waals surface area contributed by atoms with Crippen molar-refractivity contribution in [2.75, 3.05) is 12.4 Å². The van der Waals surface area contributed by atoms with Gasteiger partial charge in [0.2, 0.25) is 6.10 Å². The molecule has 0 aliphatic rings. The maximum Gasteiger partial charge on any atom is 0.341 e. The molecule has 0 saturated carbocycles. The Labute approximate surface area is 174 Å². The first-order valence-electron chi connectivity index (χ1n) is 9.28. The Hall–Kier alpha value is -4.13. The summed E-state index contributed by atoms with van der Waals surface area (Å²) in [7, 11) is 1.39. The number of carbonyl (C=O) groups excluding carboxylic acids is 3. The van der Waals surface area contributed by atoms with Crippen LogP contribution in [-0.4, -0.2) is 25.0 Å². The lowest BCUT2D eigenvalue weighted by Gasteiger charge is -2.19. The number of hydrogen-bond acceptors (Lipinski definition) is 5. The third kappa shape index (κ3) is 5.23. The fourth-order valence-electron chi connectivity index (χ4n) is 2.76. The van der Waals surface area contributed by atoms with Crippen molar-refractivity contribution >= 4 is 29.3 Å². The molecule has 3 N–H and O–H groups in total. The monoisotopic (exact) mass is 403 g/mol. The van der Waals surface area contributed by atoms with Crippen LogP contribution in [0.15, 0.2) is 84.9 Å². The first-order chi connectivity index (χ1) is 14.6. The number of amides is 3. The van der Waals surface area contributed by atoms with Crippen LogP contribution < -0.4 is 16.0 Å². The van der Waals surface area contributed by atoms with Crippen molar-refractivity contribution in [3.63, 3.8) is 0 Å². The van der Waals surface area contributed by atoms with Crippen LogP contribution in [0.3, 0.4) is 0 Å². The number of para-hydroxylation sites is 2. The summed E-state index contributed by atoms with van der Waals surface area (Å²) in [6.07, 6.45) is -1.29. The lowest BCUT2D eigenvalue weighted by molar-refractivity contribution is -0.129. The van der Waals surface area contributed by atoms with Crippen LogP contribution in [0.4, 0.5) is 16.2 Å². The summed E-state index contributed by atoms with van der Waals surface area (Å²) in [5.41, 5.74) is 2.04. The highest BCUT2D eigenvalue weighted by atomic mass is 16.5. The molecule has 0 aliphatic heterocycles. The summed E-state index contributed by atoms with van der Waals surface area (Å²) in [6.45, 7) is 0. The van der Waals surface area contributed by atoms with Gasteiger partial charge in [0.15, 0.2) is 0 Å². The van der Waals surface area contributed by atoms with Crippen molar-refractivity contribution < 1.29 is 19.1 Å². The Morgan fingerprint density at radius 3 is 2.07 bits per heavy atom. The van der Waals surface area contributed by atoms with E-state index in [9.17, 15) is 14.4 Å². The minimum Gasteiger partial charge on any atom is -0.444 e. The number of carbonyl (C=O) groups is 3. The third-order valence-corrected chi connectivity index (χ3v) is 4.23. The van der Waals surface area contributed by atoms with E-state index >= 15 is 0 Å². The molecule has 0 aromatic heterocycles. The highest BCUT2D eigenvalue weighted by Gasteiger charge is 2.27. The molecule has 0 unspecified atom stereocenters. The highest BCUT2D eigenvalue weighted by molar-refractivity contribution is 6.01. The smallest absolute Gasteiger partial charge is 0.341 e. The summed E-state index contributed by atoms with van der Waals surface area (Å²) >= 11 is 0. The zero-order valence-electron chi connectivity index (χ0n) is 16.3. The van der Waals surface area contributed by atoms with Gasteiger partial charge in [-0.25, -0.2) is 9.59 Å². The average Bonchev–Trinajstić information content (AvgIpc) is 2.78. The Morgan fingerprint density at radius 2 is 1.40 bits per heavy atom. The van der Waals surface area contributed by atoms with E-state index in [4.69, 9.17) is 4.74 Å². The van der Waals surface area contributed by atoms with E-state index in [-0.39, 0.29) is 5.56 Å². The van der Waals surface area contributed by atoms with E-state index in [1.54, 1.807) is 54.6 Å². The molecule has 0 fully saturated rings. The average molecular weight is 403 g/mol. The maximum atomic E-state index is 13.0. The van der Waals surface area contributed by atoms with Gasteiger partial charge >= 0.3 is 12.0 Å². The molecule has 7 nitrogen and oxygen atoms in total. The molecule has 1 atom stereocenters. The number of ether oxygens (including phenoxy) is 1. The fraction of sp³-hybridized carbons (Fsp3) is 0.0870. The molecule has 7 heteroatoms. The Kier molecular flexibility index (Phi) is 6.78. The van der Waals surface area contributed by atoms with Gasteiger partial charge in [0.1, 0.15) is 0 Å². The van der Waals surface area contributed by atoms with Gasteiger partial charge in [0.05, 0.1) is 11.3 Å². The number of esters is 1. The summed E-state index contributed by atoms with van der Waals surface area (Å²) in [5.74, 6) is -1.45. The van der Waals surface area contributed by atoms with Crippen LogP contribution in [0, 0.1) is 0 Å². The maximum absolute atomic E-state index is 13.0. The van der Waals surface area contributed by atoms with Crippen LogP contribution in [0.5, 0.6) is 0 Å². The first-order valence-corrected chi connectivity index (χ1v) is 9.28. The topological polar surface area (TPSA) is 96.5 Å². The van der Waals surface area contributed by atoms with Gasteiger partial charge in [0, 0.05) is 18.3 Å². The van der Waals surface area contributed by atoms with Gasteiger partial charge in [0.25, 0.3) is 5.91 Å². The molecular weight excluding hydrogens is 382 g/mol. The minimum absolute atomic E-state index is 0.259. The number of benzene rings is 3. The molecule has 3 rings (SSSR count). The second kappa shape index (κ2) is 9.88. The molecule has 0 saturated heterocycles. The van der Waals surface area contributed by atoms with Crippen molar-refractivity contribution in [2.45, 2.75) is 6.10 Å². The van der Waals surface area contributed by atoms with Crippen molar-refractivity contribution in [1.29, 1.82) is 0 Å². The molecule has 3 amide bonds. The summed E-state index contributed by atoms with van der Waals surface area (Å²) in [5, 5.41) is 7.63. The molecule has 152 valence electrons. The Bertz CT molecular complexity index is 1020. The molecule has 0 radical (unpaired) electrons. The normalized spacial score (nSPS) is 11.1. The van der Waals surface area contributed by atoms with E-state index < -0.39 is 24.0 Å². The Balaban J connectivity index is 1.86.